The van der Waals surface area contributed by atoms with E-state index in [-0.39, 0.29) is 0 Å². The van der Waals surface area contributed by atoms with Crippen LogP contribution in [-0.2, 0) is 9.47 Å². The number of nitrogens with zero attached hydrogens (tertiary/aromatic N) is 1. The molecule has 0 saturated carbocycles. The Labute approximate surface area is 92.9 Å². The number of hydrogen-bond donors (Lipinski definition) is 1. The van der Waals surface area contributed by atoms with Crippen molar-refractivity contribution in [3.8, 4) is 0 Å². The molecule has 0 radical (unpaired) electrons. The smallest absolute Gasteiger partial charge is 0.0700 e. The molecule has 0 bridgehead atoms. The maximum absolute atomic E-state index is 5.49. The van der Waals surface area contributed by atoms with Crippen LogP contribution in [0.1, 0.15) is 13.3 Å². The highest BCUT2D eigenvalue weighted by Gasteiger charge is 2.22. The average Bonchev–Trinajstić information content (AvgIpc) is 2.61. The lowest BCUT2D eigenvalue weighted by Gasteiger charge is -2.20. The Morgan fingerprint density at radius 3 is 2.87 bits per heavy atom. The third kappa shape index (κ3) is 4.93. The van der Waals surface area contributed by atoms with Crippen LogP contribution in [0.5, 0.6) is 0 Å². The molecule has 4 nitrogen and oxygen atoms in total. The van der Waals surface area contributed by atoms with Crippen LogP contribution >= 0.6 is 0 Å². The van der Waals surface area contributed by atoms with Crippen LogP contribution in [0.15, 0.2) is 0 Å². The maximum Gasteiger partial charge on any atom is 0.0700 e. The normalized spacial score (nSPS) is 26.4. The van der Waals surface area contributed by atoms with E-state index in [2.05, 4.69) is 24.2 Å². The summed E-state index contributed by atoms with van der Waals surface area (Å²) in [6, 6.07) is 0.542. The molecule has 2 unspecified atom stereocenters. The Morgan fingerprint density at radius 2 is 2.27 bits per heavy atom. The van der Waals surface area contributed by atoms with Gasteiger partial charge in [0.15, 0.2) is 0 Å². The minimum atomic E-state index is 0.370. The molecular weight excluding hydrogens is 192 g/mol. The third-order valence-corrected chi connectivity index (χ3v) is 2.95. The van der Waals surface area contributed by atoms with Crippen molar-refractivity contribution in [2.45, 2.75) is 25.5 Å². The van der Waals surface area contributed by atoms with E-state index in [1.807, 2.05) is 0 Å². The van der Waals surface area contributed by atoms with Crippen molar-refractivity contribution in [2.24, 2.45) is 0 Å². The number of rotatable bonds is 7. The summed E-state index contributed by atoms with van der Waals surface area (Å²) < 4.78 is 10.5. The van der Waals surface area contributed by atoms with Gasteiger partial charge in [0, 0.05) is 39.4 Å². The van der Waals surface area contributed by atoms with Gasteiger partial charge in [0.2, 0.25) is 0 Å². The number of nitrogens with one attached hydrogen (secondary N) is 1. The van der Waals surface area contributed by atoms with Gasteiger partial charge in [-0.1, -0.05) is 0 Å². The van der Waals surface area contributed by atoms with Crippen molar-refractivity contribution in [3.05, 3.63) is 0 Å². The Morgan fingerprint density at radius 1 is 1.47 bits per heavy atom. The predicted octanol–water partition coefficient (Wildman–Crippen LogP) is 0.332. The number of hydrogen-bond acceptors (Lipinski definition) is 4. The fraction of sp³-hybridized carbons (Fsp3) is 1.00. The lowest BCUT2D eigenvalue weighted by Crippen LogP contribution is -2.39. The van der Waals surface area contributed by atoms with Crippen molar-refractivity contribution in [3.63, 3.8) is 0 Å². The van der Waals surface area contributed by atoms with Crippen molar-refractivity contribution in [1.29, 1.82) is 0 Å². The fourth-order valence-corrected chi connectivity index (χ4v) is 1.80. The van der Waals surface area contributed by atoms with E-state index < -0.39 is 0 Å². The van der Waals surface area contributed by atoms with Crippen LogP contribution in [-0.4, -0.2) is 64.1 Å². The summed E-state index contributed by atoms with van der Waals surface area (Å²) >= 11 is 0. The van der Waals surface area contributed by atoms with Gasteiger partial charge >= 0.3 is 0 Å². The molecule has 1 rings (SSSR count). The lowest BCUT2D eigenvalue weighted by molar-refractivity contribution is 0.112. The van der Waals surface area contributed by atoms with E-state index in [0.717, 1.165) is 39.3 Å². The number of likely N-dealkylation sites (N-methyl/N-ethyl adjacent to an activating group) is 1. The minimum absolute atomic E-state index is 0.370. The average molecular weight is 216 g/mol. The van der Waals surface area contributed by atoms with E-state index in [9.17, 15) is 0 Å². The Balaban J connectivity index is 2.00. The van der Waals surface area contributed by atoms with Gasteiger partial charge in [-0.05, 0) is 20.4 Å². The molecule has 90 valence electrons. The fourth-order valence-electron chi connectivity index (χ4n) is 1.80. The van der Waals surface area contributed by atoms with Gasteiger partial charge in [0.25, 0.3) is 0 Å². The van der Waals surface area contributed by atoms with E-state index in [0.29, 0.717) is 12.1 Å². The number of methoxy groups -OCH3 is 1. The Kier molecular flexibility index (Phi) is 6.17. The van der Waals surface area contributed by atoms with Crippen LogP contribution in [0.4, 0.5) is 0 Å². The highest BCUT2D eigenvalue weighted by atomic mass is 16.5. The molecule has 0 amide bonds. The van der Waals surface area contributed by atoms with Gasteiger partial charge < -0.3 is 19.7 Å². The van der Waals surface area contributed by atoms with Crippen molar-refractivity contribution in [1.82, 2.24) is 10.2 Å². The summed E-state index contributed by atoms with van der Waals surface area (Å²) in [5.41, 5.74) is 0. The molecule has 1 heterocycles. The molecule has 15 heavy (non-hydrogen) atoms. The predicted molar refractivity (Wildman–Crippen MR) is 61.2 cm³/mol. The zero-order valence-electron chi connectivity index (χ0n) is 10.2. The molecule has 0 aromatic heterocycles. The van der Waals surface area contributed by atoms with Crippen LogP contribution in [0.3, 0.4) is 0 Å². The molecule has 2 atom stereocenters. The third-order valence-electron chi connectivity index (χ3n) is 2.95. The van der Waals surface area contributed by atoms with E-state index in [1.165, 1.54) is 0 Å². The van der Waals surface area contributed by atoms with Gasteiger partial charge in [-0.15, -0.1) is 0 Å². The first kappa shape index (κ1) is 12.9. The molecule has 1 saturated heterocycles. The molecule has 1 N–H and O–H groups in total. The quantitative estimate of drug-likeness (QED) is 0.665. The Bertz CT molecular complexity index is 167. The molecule has 4 heteroatoms. The lowest BCUT2D eigenvalue weighted by atomic mass is 10.1. The maximum atomic E-state index is 5.49. The van der Waals surface area contributed by atoms with Crippen LogP contribution in [0.2, 0.25) is 0 Å². The zero-order valence-corrected chi connectivity index (χ0v) is 10.2. The summed E-state index contributed by atoms with van der Waals surface area (Å²) in [4.78, 5) is 2.27. The molecule has 1 aliphatic heterocycles. The Hall–Kier alpha value is -0.160. The second-order valence-electron chi connectivity index (χ2n) is 4.22. The second-order valence-corrected chi connectivity index (χ2v) is 4.22. The topological polar surface area (TPSA) is 33.7 Å². The molecule has 0 aromatic rings. The molecule has 1 fully saturated rings. The van der Waals surface area contributed by atoms with Gasteiger partial charge in [0.05, 0.1) is 12.7 Å². The molecule has 1 aliphatic rings. The van der Waals surface area contributed by atoms with Crippen molar-refractivity contribution in [2.75, 3.05) is 47.0 Å². The number of ether oxygens (including phenoxy) is 2. The van der Waals surface area contributed by atoms with Crippen molar-refractivity contribution >= 4 is 0 Å². The first-order valence-corrected chi connectivity index (χ1v) is 5.76. The standard InChI is InChI=1S/C11H24N2O2/c1-10-11(4-8-15-10)12-5-6-13(2)7-9-14-3/h10-12H,4-9H2,1-3H3. The molecule has 0 aliphatic carbocycles. The van der Waals surface area contributed by atoms with Gasteiger partial charge in [-0.3, -0.25) is 0 Å². The van der Waals surface area contributed by atoms with Crippen molar-refractivity contribution < 1.29 is 9.47 Å². The zero-order chi connectivity index (χ0) is 11.1. The summed E-state index contributed by atoms with van der Waals surface area (Å²) in [5.74, 6) is 0. The SMILES string of the molecule is COCCN(C)CCNC1CCOC1C. The largest absolute Gasteiger partial charge is 0.383 e. The first-order valence-electron chi connectivity index (χ1n) is 5.76. The monoisotopic (exact) mass is 216 g/mol. The van der Waals surface area contributed by atoms with Crippen LogP contribution in [0, 0.1) is 0 Å². The van der Waals surface area contributed by atoms with E-state index >= 15 is 0 Å². The highest BCUT2D eigenvalue weighted by molar-refractivity contribution is 4.79. The van der Waals surface area contributed by atoms with E-state index in [1.54, 1.807) is 7.11 Å². The summed E-state index contributed by atoms with van der Waals surface area (Å²) in [6.45, 7) is 6.93. The van der Waals surface area contributed by atoms with Crippen LogP contribution < -0.4 is 5.32 Å². The minimum Gasteiger partial charge on any atom is -0.383 e. The molecular formula is C11H24N2O2. The van der Waals surface area contributed by atoms with E-state index in [4.69, 9.17) is 9.47 Å². The molecule has 0 spiro atoms. The molecule has 0 aromatic carbocycles. The van der Waals surface area contributed by atoms with Gasteiger partial charge in [-0.25, -0.2) is 0 Å². The summed E-state index contributed by atoms with van der Waals surface area (Å²) in [5, 5.41) is 3.53. The first-order chi connectivity index (χ1) is 7.24. The van der Waals surface area contributed by atoms with Gasteiger partial charge in [-0.2, -0.15) is 0 Å². The van der Waals surface area contributed by atoms with Gasteiger partial charge in [0.1, 0.15) is 0 Å². The second kappa shape index (κ2) is 7.17. The summed E-state index contributed by atoms with van der Waals surface area (Å²) in [6.07, 6.45) is 1.51. The highest BCUT2D eigenvalue weighted by Crippen LogP contribution is 2.11. The summed E-state index contributed by atoms with van der Waals surface area (Å²) in [7, 11) is 3.86. The van der Waals surface area contributed by atoms with Crippen LogP contribution in [0.25, 0.3) is 0 Å².